The van der Waals surface area contributed by atoms with Crippen molar-refractivity contribution < 1.29 is 35.3 Å². The van der Waals surface area contributed by atoms with Crippen LogP contribution in [-0.2, 0) is 25.8 Å². The molecular weight excluding hydrogens is 560 g/mol. The van der Waals surface area contributed by atoms with Crippen LogP contribution in [0.2, 0.25) is 0 Å². The molecule has 0 aliphatic carbocycles. The molecule has 156 valence electrons. The Morgan fingerprint density at radius 2 is 1.30 bits per heavy atom. The second-order valence-corrected chi connectivity index (χ2v) is 8.80. The van der Waals surface area contributed by atoms with Crippen LogP contribution in [0.1, 0.15) is 33.4 Å². The molecule has 0 saturated heterocycles. The van der Waals surface area contributed by atoms with E-state index in [4.69, 9.17) is 0 Å². The maximum absolute atomic E-state index is 2.31. The Bertz CT molecular complexity index is 963. The molecule has 0 aromatic heterocycles. The van der Waals surface area contributed by atoms with Crippen LogP contribution in [-0.4, -0.2) is 0 Å². The number of halogens is 2. The number of benzene rings is 2. The second kappa shape index (κ2) is 12.4. The molecule has 0 aliphatic rings. The number of aryl methyl sites for hydroxylation is 1. The molecule has 4 aromatic rings. The molecule has 0 aliphatic heterocycles. The third-order valence-electron chi connectivity index (χ3n) is 5.85. The largest absolute Gasteiger partial charge is 4.00 e. The van der Waals surface area contributed by atoms with E-state index in [0.29, 0.717) is 0 Å². The average Bonchev–Trinajstić information content (AvgIpc) is 3.15. The topological polar surface area (TPSA) is 0 Å². The van der Waals surface area contributed by atoms with Gasteiger partial charge < -0.3 is 9.41 Å². The van der Waals surface area contributed by atoms with Crippen molar-refractivity contribution in [1.29, 1.82) is 0 Å². The quantitative estimate of drug-likeness (QED) is 0.181. The van der Waals surface area contributed by atoms with E-state index in [1.165, 1.54) is 54.8 Å². The summed E-state index contributed by atoms with van der Waals surface area (Å²) in [6.07, 6.45) is 0. The zero-order chi connectivity index (χ0) is 19.6. The zero-order valence-corrected chi connectivity index (χ0v) is 23.1. The molecule has 0 fully saturated rings. The molecular formula is C26H29F2HfP. The van der Waals surface area contributed by atoms with Crippen molar-refractivity contribution in [1.82, 2.24) is 0 Å². The molecule has 1 atom stereocenters. The summed E-state index contributed by atoms with van der Waals surface area (Å²) in [7, 11) is 0.759. The molecule has 4 heteroatoms. The summed E-state index contributed by atoms with van der Waals surface area (Å²) in [6.45, 7) is 13.2. The summed E-state index contributed by atoms with van der Waals surface area (Å²) in [5.74, 6) is 0. The molecule has 0 radical (unpaired) electrons. The molecule has 0 nitrogen and oxygen atoms in total. The predicted octanol–water partition coefficient (Wildman–Crippen LogP) is 0.450. The normalized spacial score (nSPS) is 10.1. The molecule has 1 unspecified atom stereocenters. The maximum Gasteiger partial charge on any atom is 4.00 e. The van der Waals surface area contributed by atoms with Gasteiger partial charge in [-0.15, -0.1) is 40.3 Å². The van der Waals surface area contributed by atoms with Gasteiger partial charge in [0.1, 0.15) is 0 Å². The van der Waals surface area contributed by atoms with Crippen molar-refractivity contribution in [2.24, 2.45) is 0 Å². The van der Waals surface area contributed by atoms with Gasteiger partial charge in [0.05, 0.1) is 0 Å². The Morgan fingerprint density at radius 1 is 0.767 bits per heavy atom. The minimum Gasteiger partial charge on any atom is -1.00 e. The number of hydrogen-bond donors (Lipinski definition) is 0. The molecule has 0 saturated carbocycles. The summed E-state index contributed by atoms with van der Waals surface area (Å²) < 4.78 is 0. The first-order valence-electron chi connectivity index (χ1n) is 9.56. The fourth-order valence-electron chi connectivity index (χ4n) is 3.50. The second-order valence-electron chi connectivity index (χ2n) is 7.44. The number of fused-ring (bicyclic) bond motifs is 1. The third kappa shape index (κ3) is 6.28. The average molecular weight is 589 g/mol. The fourth-order valence-corrected chi connectivity index (χ4v) is 4.72. The van der Waals surface area contributed by atoms with Gasteiger partial charge in [0.2, 0.25) is 0 Å². The summed E-state index contributed by atoms with van der Waals surface area (Å²) >= 11 is 0. The summed E-state index contributed by atoms with van der Waals surface area (Å²) in [6, 6.07) is 21.8. The van der Waals surface area contributed by atoms with Crippen LogP contribution in [0.3, 0.4) is 0 Å². The molecule has 4 rings (SSSR count). The first kappa shape index (κ1) is 28.6. The van der Waals surface area contributed by atoms with Crippen LogP contribution >= 0.6 is 8.58 Å². The van der Waals surface area contributed by atoms with Gasteiger partial charge in [-0.1, -0.05) is 73.5 Å². The SMILES string of the molecule is Cc1c(C)c(C)[c-](C)c1C.Cc1ccccc1Pc1cc2ccccc2[cH-]1.[F-].[F-].[Hf+4]. The predicted molar refractivity (Wildman–Crippen MR) is 124 cm³/mol. The van der Waals surface area contributed by atoms with Crippen LogP contribution < -0.4 is 20.0 Å². The van der Waals surface area contributed by atoms with Gasteiger partial charge in [-0.3, -0.25) is 0 Å². The summed E-state index contributed by atoms with van der Waals surface area (Å²) in [5, 5.41) is 5.58. The van der Waals surface area contributed by atoms with E-state index in [1.54, 1.807) is 0 Å². The van der Waals surface area contributed by atoms with E-state index in [2.05, 4.69) is 102 Å². The van der Waals surface area contributed by atoms with Crippen LogP contribution in [0.4, 0.5) is 0 Å². The van der Waals surface area contributed by atoms with Gasteiger partial charge >= 0.3 is 25.8 Å². The first-order chi connectivity index (χ1) is 12.9. The zero-order valence-electron chi connectivity index (χ0n) is 18.5. The van der Waals surface area contributed by atoms with E-state index in [0.717, 1.165) is 8.58 Å². The summed E-state index contributed by atoms with van der Waals surface area (Å²) in [4.78, 5) is 0. The smallest absolute Gasteiger partial charge is 1.00 e. The van der Waals surface area contributed by atoms with Crippen LogP contribution in [0.5, 0.6) is 0 Å². The van der Waals surface area contributed by atoms with Gasteiger partial charge in [0, 0.05) is 0 Å². The Morgan fingerprint density at radius 3 is 1.80 bits per heavy atom. The first-order valence-corrected chi connectivity index (χ1v) is 10.6. The molecule has 4 aromatic carbocycles. The summed E-state index contributed by atoms with van der Waals surface area (Å²) in [5.41, 5.74) is 8.72. The van der Waals surface area contributed by atoms with Gasteiger partial charge in [-0.2, -0.15) is 33.9 Å². The number of rotatable bonds is 2. The van der Waals surface area contributed by atoms with Gasteiger partial charge in [0.15, 0.2) is 0 Å². The molecule has 0 bridgehead atoms. The molecule has 0 N–H and O–H groups in total. The fraction of sp³-hybridized carbons (Fsp3) is 0.231. The van der Waals surface area contributed by atoms with Crippen LogP contribution in [0.25, 0.3) is 10.8 Å². The van der Waals surface area contributed by atoms with E-state index in [-0.39, 0.29) is 35.3 Å². The Hall–Kier alpha value is -1.44. The van der Waals surface area contributed by atoms with Gasteiger partial charge in [-0.25, -0.2) is 0 Å². The Labute approximate surface area is 200 Å². The van der Waals surface area contributed by atoms with Gasteiger partial charge in [0.25, 0.3) is 0 Å². The van der Waals surface area contributed by atoms with E-state index < -0.39 is 0 Å². The van der Waals surface area contributed by atoms with Crippen molar-refractivity contribution in [2.75, 3.05) is 0 Å². The molecule has 30 heavy (non-hydrogen) atoms. The molecule has 0 amide bonds. The van der Waals surface area contributed by atoms with E-state index in [9.17, 15) is 0 Å². The van der Waals surface area contributed by atoms with Crippen molar-refractivity contribution in [2.45, 2.75) is 41.5 Å². The standard InChI is InChI=1S/C16H14P.C10H15.2FH.Hf/c1-12-6-2-5-9-16(12)17-15-10-13-7-3-4-8-14(13)11-15;1-6-7(2)9(4)10(5)8(6)3;;;/h2-11,17H,1H3;1-5H3;2*1H;/q2*-1;;;+4/p-2. The van der Waals surface area contributed by atoms with Crippen molar-refractivity contribution in [3.63, 3.8) is 0 Å². The van der Waals surface area contributed by atoms with Crippen molar-refractivity contribution >= 4 is 30.0 Å². The minimum atomic E-state index is 0. The van der Waals surface area contributed by atoms with Crippen LogP contribution in [0, 0.1) is 41.5 Å². The Kier molecular flexibility index (Phi) is 11.8. The molecule has 0 heterocycles. The number of hydrogen-bond acceptors (Lipinski definition) is 0. The maximum atomic E-state index is 2.31. The monoisotopic (exact) mass is 590 g/mol. The minimum absolute atomic E-state index is 0. The van der Waals surface area contributed by atoms with Crippen LogP contribution in [0.15, 0.2) is 60.7 Å². The van der Waals surface area contributed by atoms with Crippen molar-refractivity contribution in [3.05, 3.63) is 94.0 Å². The van der Waals surface area contributed by atoms with E-state index >= 15 is 0 Å². The van der Waals surface area contributed by atoms with E-state index in [1.807, 2.05) is 0 Å². The van der Waals surface area contributed by atoms with Gasteiger partial charge in [-0.05, 0) is 17.8 Å². The third-order valence-corrected chi connectivity index (χ3v) is 7.26. The van der Waals surface area contributed by atoms with Crippen molar-refractivity contribution in [3.8, 4) is 0 Å². The Balaban J connectivity index is 0.000000569. The molecule has 0 spiro atoms.